The van der Waals surface area contributed by atoms with Gasteiger partial charge >= 0.3 is 0 Å². The zero-order chi connectivity index (χ0) is 19.5. The second-order valence-corrected chi connectivity index (χ2v) is 7.12. The van der Waals surface area contributed by atoms with E-state index in [9.17, 15) is 9.59 Å². The Morgan fingerprint density at radius 2 is 1.93 bits per heavy atom. The SMILES string of the molecule is CCCN1C(=O)c2ccccc2[C@@H]1Nc1cccc(C(=O)N2CCOCC2)c1. The zero-order valence-corrected chi connectivity index (χ0v) is 16.1. The number of rotatable bonds is 5. The summed E-state index contributed by atoms with van der Waals surface area (Å²) in [7, 11) is 0. The molecule has 6 nitrogen and oxygen atoms in total. The van der Waals surface area contributed by atoms with Crippen LogP contribution in [0, 0.1) is 0 Å². The van der Waals surface area contributed by atoms with Crippen molar-refractivity contribution < 1.29 is 14.3 Å². The summed E-state index contributed by atoms with van der Waals surface area (Å²) in [5.74, 6) is 0.0655. The number of carbonyl (C=O) groups is 2. The number of hydrogen-bond acceptors (Lipinski definition) is 4. The summed E-state index contributed by atoms with van der Waals surface area (Å²) >= 11 is 0. The number of amides is 2. The lowest BCUT2D eigenvalue weighted by Crippen LogP contribution is -2.40. The van der Waals surface area contributed by atoms with Gasteiger partial charge < -0.3 is 19.9 Å². The molecule has 28 heavy (non-hydrogen) atoms. The van der Waals surface area contributed by atoms with Crippen LogP contribution in [0.15, 0.2) is 48.5 Å². The number of nitrogens with one attached hydrogen (secondary N) is 1. The molecule has 6 heteroatoms. The Bertz CT molecular complexity index is 877. The maximum absolute atomic E-state index is 12.8. The second kappa shape index (κ2) is 8.02. The van der Waals surface area contributed by atoms with E-state index in [1.54, 1.807) is 0 Å². The molecule has 1 atom stereocenters. The van der Waals surface area contributed by atoms with E-state index in [1.165, 1.54) is 0 Å². The average molecular weight is 379 g/mol. The molecule has 2 aromatic rings. The molecule has 146 valence electrons. The number of ether oxygens (including phenoxy) is 1. The summed E-state index contributed by atoms with van der Waals surface area (Å²) in [6, 6.07) is 15.2. The van der Waals surface area contributed by atoms with Crippen LogP contribution in [-0.4, -0.2) is 54.5 Å². The Kier molecular flexibility index (Phi) is 5.30. The molecule has 0 radical (unpaired) electrons. The molecule has 2 aliphatic rings. The third-order valence-electron chi connectivity index (χ3n) is 5.23. The van der Waals surface area contributed by atoms with Gasteiger partial charge in [-0.15, -0.1) is 0 Å². The van der Waals surface area contributed by atoms with E-state index in [-0.39, 0.29) is 18.0 Å². The molecule has 0 spiro atoms. The van der Waals surface area contributed by atoms with E-state index in [4.69, 9.17) is 4.74 Å². The minimum Gasteiger partial charge on any atom is -0.378 e. The van der Waals surface area contributed by atoms with Crippen molar-refractivity contribution in [2.75, 3.05) is 38.2 Å². The van der Waals surface area contributed by atoms with Crippen LogP contribution in [0.3, 0.4) is 0 Å². The summed E-state index contributed by atoms with van der Waals surface area (Å²) in [6.07, 6.45) is 0.658. The van der Waals surface area contributed by atoms with E-state index >= 15 is 0 Å². The predicted molar refractivity (Wildman–Crippen MR) is 107 cm³/mol. The van der Waals surface area contributed by atoms with Crippen LogP contribution in [0.25, 0.3) is 0 Å². The van der Waals surface area contributed by atoms with Crippen LogP contribution in [-0.2, 0) is 4.74 Å². The van der Waals surface area contributed by atoms with Gasteiger partial charge in [-0.1, -0.05) is 31.2 Å². The van der Waals surface area contributed by atoms with E-state index < -0.39 is 0 Å². The van der Waals surface area contributed by atoms with Crippen molar-refractivity contribution in [2.24, 2.45) is 0 Å². The van der Waals surface area contributed by atoms with E-state index in [1.807, 2.05) is 58.3 Å². The summed E-state index contributed by atoms with van der Waals surface area (Å²) in [5, 5.41) is 3.47. The van der Waals surface area contributed by atoms with Crippen LogP contribution in [0.1, 0.15) is 45.8 Å². The molecule has 1 fully saturated rings. The molecule has 2 heterocycles. The minimum absolute atomic E-state index is 0.0141. The van der Waals surface area contributed by atoms with Crippen molar-refractivity contribution in [3.63, 3.8) is 0 Å². The summed E-state index contributed by atoms with van der Waals surface area (Å²) in [4.78, 5) is 29.2. The Morgan fingerprint density at radius 3 is 2.71 bits per heavy atom. The van der Waals surface area contributed by atoms with Crippen molar-refractivity contribution >= 4 is 17.5 Å². The van der Waals surface area contributed by atoms with Crippen molar-refractivity contribution in [1.82, 2.24) is 9.80 Å². The highest BCUT2D eigenvalue weighted by Crippen LogP contribution is 2.34. The maximum atomic E-state index is 12.8. The first kappa shape index (κ1) is 18.5. The van der Waals surface area contributed by atoms with E-state index in [2.05, 4.69) is 12.2 Å². The van der Waals surface area contributed by atoms with Gasteiger partial charge in [-0.3, -0.25) is 9.59 Å². The van der Waals surface area contributed by atoms with Gasteiger partial charge in [0.1, 0.15) is 6.17 Å². The summed E-state index contributed by atoms with van der Waals surface area (Å²) < 4.78 is 5.33. The van der Waals surface area contributed by atoms with Crippen LogP contribution >= 0.6 is 0 Å². The lowest BCUT2D eigenvalue weighted by molar-refractivity contribution is 0.0303. The van der Waals surface area contributed by atoms with Gasteiger partial charge in [-0.05, 0) is 30.7 Å². The van der Waals surface area contributed by atoms with Crippen molar-refractivity contribution in [2.45, 2.75) is 19.5 Å². The normalized spacial score (nSPS) is 18.9. The Labute approximate surface area is 165 Å². The molecule has 0 aromatic heterocycles. The number of nitrogens with zero attached hydrogens (tertiary/aromatic N) is 2. The third-order valence-corrected chi connectivity index (χ3v) is 5.23. The molecular weight excluding hydrogens is 354 g/mol. The molecular formula is C22H25N3O3. The van der Waals surface area contributed by atoms with Gasteiger partial charge in [0, 0.05) is 42.0 Å². The molecule has 1 saturated heterocycles. The zero-order valence-electron chi connectivity index (χ0n) is 16.1. The number of anilines is 1. The van der Waals surface area contributed by atoms with Gasteiger partial charge in [0.05, 0.1) is 13.2 Å². The maximum Gasteiger partial charge on any atom is 0.256 e. The van der Waals surface area contributed by atoms with Gasteiger partial charge in [0.25, 0.3) is 11.8 Å². The molecule has 0 aliphatic carbocycles. The number of hydrogen-bond donors (Lipinski definition) is 1. The Balaban J connectivity index is 1.58. The molecule has 2 aromatic carbocycles. The first-order valence-corrected chi connectivity index (χ1v) is 9.82. The van der Waals surface area contributed by atoms with Gasteiger partial charge in [0.2, 0.25) is 0 Å². The topological polar surface area (TPSA) is 61.9 Å². The third kappa shape index (κ3) is 3.47. The number of carbonyl (C=O) groups excluding carboxylic acids is 2. The van der Waals surface area contributed by atoms with E-state index in [0.29, 0.717) is 38.4 Å². The highest BCUT2D eigenvalue weighted by atomic mass is 16.5. The van der Waals surface area contributed by atoms with Gasteiger partial charge in [-0.25, -0.2) is 0 Å². The Morgan fingerprint density at radius 1 is 1.14 bits per heavy atom. The predicted octanol–water partition coefficient (Wildman–Crippen LogP) is 3.14. The smallest absolute Gasteiger partial charge is 0.256 e. The van der Waals surface area contributed by atoms with Crippen LogP contribution in [0.2, 0.25) is 0 Å². The molecule has 2 aliphatic heterocycles. The number of benzene rings is 2. The van der Waals surface area contributed by atoms with Crippen LogP contribution in [0.5, 0.6) is 0 Å². The fraction of sp³-hybridized carbons (Fsp3) is 0.364. The highest BCUT2D eigenvalue weighted by molar-refractivity contribution is 5.99. The fourth-order valence-corrected chi connectivity index (χ4v) is 3.85. The second-order valence-electron chi connectivity index (χ2n) is 7.12. The first-order valence-electron chi connectivity index (χ1n) is 9.82. The molecule has 2 amide bonds. The van der Waals surface area contributed by atoms with Crippen LogP contribution in [0.4, 0.5) is 5.69 Å². The van der Waals surface area contributed by atoms with E-state index in [0.717, 1.165) is 23.2 Å². The van der Waals surface area contributed by atoms with Crippen LogP contribution < -0.4 is 5.32 Å². The standard InChI is InChI=1S/C22H25N3O3/c1-2-10-25-20(18-8-3-4-9-19(18)22(25)27)23-17-7-5-6-16(15-17)21(26)24-11-13-28-14-12-24/h3-9,15,20,23H,2,10-14H2,1H3/t20-/m1/s1. The van der Waals surface area contributed by atoms with Gasteiger partial charge in [-0.2, -0.15) is 0 Å². The number of morpholine rings is 1. The fourth-order valence-electron chi connectivity index (χ4n) is 3.85. The highest BCUT2D eigenvalue weighted by Gasteiger charge is 2.35. The van der Waals surface area contributed by atoms with Crippen molar-refractivity contribution in [1.29, 1.82) is 0 Å². The molecule has 0 bridgehead atoms. The largest absolute Gasteiger partial charge is 0.378 e. The molecule has 1 N–H and O–H groups in total. The van der Waals surface area contributed by atoms with Gasteiger partial charge in [0.15, 0.2) is 0 Å². The molecule has 0 saturated carbocycles. The molecule has 0 unspecified atom stereocenters. The number of fused-ring (bicyclic) bond motifs is 1. The average Bonchev–Trinajstić information content (AvgIpc) is 3.00. The quantitative estimate of drug-likeness (QED) is 0.867. The Hall–Kier alpha value is -2.86. The van der Waals surface area contributed by atoms with Crippen molar-refractivity contribution in [3.8, 4) is 0 Å². The summed E-state index contributed by atoms with van der Waals surface area (Å²) in [5.41, 5.74) is 3.20. The lowest BCUT2D eigenvalue weighted by Gasteiger charge is -2.28. The van der Waals surface area contributed by atoms with Crippen molar-refractivity contribution in [3.05, 3.63) is 65.2 Å². The molecule has 4 rings (SSSR count). The minimum atomic E-state index is -0.225. The summed E-state index contributed by atoms with van der Waals surface area (Å²) in [6.45, 7) is 5.14. The first-order chi connectivity index (χ1) is 13.7. The monoisotopic (exact) mass is 379 g/mol. The lowest BCUT2D eigenvalue weighted by atomic mass is 10.1.